The zero-order valence-corrected chi connectivity index (χ0v) is 15.5. The van der Waals surface area contributed by atoms with Gasteiger partial charge in [-0.2, -0.15) is 0 Å². The minimum atomic E-state index is 0. The van der Waals surface area contributed by atoms with Gasteiger partial charge in [-0.1, -0.05) is 18.6 Å². The average molecular weight is 355 g/mol. The lowest BCUT2D eigenvalue weighted by Gasteiger charge is -2.09. The average Bonchev–Trinajstić information content (AvgIpc) is 3.08. The molecule has 1 aromatic carbocycles. The van der Waals surface area contributed by atoms with Crippen molar-refractivity contribution in [1.82, 2.24) is 10.6 Å². The molecular formula is C19H31ClN2O2. The van der Waals surface area contributed by atoms with E-state index in [4.69, 9.17) is 4.74 Å². The molecule has 2 N–H and O–H groups in total. The summed E-state index contributed by atoms with van der Waals surface area (Å²) in [6, 6.07) is 8.23. The van der Waals surface area contributed by atoms with Crippen LogP contribution in [0, 0.1) is 5.92 Å². The number of aryl methyl sites for hydroxylation is 1. The first-order chi connectivity index (χ1) is 11.3. The molecule has 1 amide bonds. The standard InChI is InChI=1S/C19H30N2O2.ClH/c1-23-18-9-7-16(8-10-18)5-3-2-4-6-19(22)21-14-12-17-11-13-20-15-17;/h7-10,17,20H,2-6,11-15H2,1H3,(H,21,22);1H. The van der Waals surface area contributed by atoms with Crippen LogP contribution in [-0.2, 0) is 11.2 Å². The first-order valence-corrected chi connectivity index (χ1v) is 8.88. The van der Waals surface area contributed by atoms with E-state index in [0.717, 1.165) is 63.4 Å². The molecule has 24 heavy (non-hydrogen) atoms. The highest BCUT2D eigenvalue weighted by atomic mass is 35.5. The van der Waals surface area contributed by atoms with Crippen LogP contribution in [0.15, 0.2) is 24.3 Å². The smallest absolute Gasteiger partial charge is 0.219 e. The third-order valence-corrected chi connectivity index (χ3v) is 4.57. The number of halogens is 1. The van der Waals surface area contributed by atoms with Crippen molar-refractivity contribution >= 4 is 18.3 Å². The van der Waals surface area contributed by atoms with Gasteiger partial charge >= 0.3 is 0 Å². The van der Waals surface area contributed by atoms with Crippen LogP contribution < -0.4 is 15.4 Å². The number of ether oxygens (including phenoxy) is 1. The van der Waals surface area contributed by atoms with Crippen LogP contribution in [0.1, 0.15) is 44.1 Å². The number of benzene rings is 1. The number of nitrogens with one attached hydrogen (secondary N) is 2. The van der Waals surface area contributed by atoms with E-state index in [1.165, 1.54) is 12.0 Å². The zero-order valence-electron chi connectivity index (χ0n) is 14.7. The summed E-state index contributed by atoms with van der Waals surface area (Å²) in [5.74, 6) is 1.86. The molecule has 4 nitrogen and oxygen atoms in total. The Morgan fingerprint density at radius 3 is 2.71 bits per heavy atom. The van der Waals surface area contributed by atoms with E-state index < -0.39 is 0 Å². The number of hydrogen-bond acceptors (Lipinski definition) is 3. The van der Waals surface area contributed by atoms with Crippen molar-refractivity contribution in [3.8, 4) is 5.75 Å². The minimum Gasteiger partial charge on any atom is -0.497 e. The molecule has 1 aromatic rings. The van der Waals surface area contributed by atoms with Crippen LogP contribution in [0.2, 0.25) is 0 Å². The Morgan fingerprint density at radius 1 is 1.25 bits per heavy atom. The Balaban J connectivity index is 0.00000288. The second kappa shape index (κ2) is 12.2. The SMILES string of the molecule is COc1ccc(CCCCCC(=O)NCCC2CCNC2)cc1.Cl. The molecule has 136 valence electrons. The maximum atomic E-state index is 11.8. The van der Waals surface area contributed by atoms with E-state index >= 15 is 0 Å². The number of rotatable bonds is 10. The fourth-order valence-corrected chi connectivity index (χ4v) is 3.05. The molecule has 0 aliphatic carbocycles. The van der Waals surface area contributed by atoms with Crippen molar-refractivity contribution in [2.45, 2.75) is 44.9 Å². The van der Waals surface area contributed by atoms with Crippen molar-refractivity contribution < 1.29 is 9.53 Å². The number of methoxy groups -OCH3 is 1. The number of amides is 1. The predicted molar refractivity (Wildman–Crippen MR) is 101 cm³/mol. The quantitative estimate of drug-likeness (QED) is 0.633. The number of unbranched alkanes of at least 4 members (excludes halogenated alkanes) is 2. The van der Waals surface area contributed by atoms with Crippen LogP contribution in [-0.4, -0.2) is 32.7 Å². The minimum absolute atomic E-state index is 0. The van der Waals surface area contributed by atoms with Gasteiger partial charge in [0.15, 0.2) is 0 Å². The predicted octanol–water partition coefficient (Wildman–Crippen LogP) is 3.34. The summed E-state index contributed by atoms with van der Waals surface area (Å²) >= 11 is 0. The molecule has 1 unspecified atom stereocenters. The molecule has 5 heteroatoms. The van der Waals surface area contributed by atoms with Crippen molar-refractivity contribution in [2.75, 3.05) is 26.7 Å². The van der Waals surface area contributed by atoms with Crippen molar-refractivity contribution in [2.24, 2.45) is 5.92 Å². The molecule has 0 bridgehead atoms. The lowest BCUT2D eigenvalue weighted by molar-refractivity contribution is -0.121. The molecule has 0 aromatic heterocycles. The summed E-state index contributed by atoms with van der Waals surface area (Å²) in [6.45, 7) is 3.07. The maximum absolute atomic E-state index is 11.8. The molecule has 1 heterocycles. The van der Waals surface area contributed by atoms with E-state index in [2.05, 4.69) is 22.8 Å². The lowest BCUT2D eigenvalue weighted by atomic mass is 10.0. The maximum Gasteiger partial charge on any atom is 0.219 e. The molecule has 1 atom stereocenters. The summed E-state index contributed by atoms with van der Waals surface area (Å²) < 4.78 is 5.16. The van der Waals surface area contributed by atoms with Crippen LogP contribution in [0.25, 0.3) is 0 Å². The molecular weight excluding hydrogens is 324 g/mol. The molecule has 1 aliphatic rings. The van der Waals surface area contributed by atoms with Gasteiger partial charge in [0.25, 0.3) is 0 Å². The van der Waals surface area contributed by atoms with Crippen molar-refractivity contribution in [3.63, 3.8) is 0 Å². The second-order valence-electron chi connectivity index (χ2n) is 6.41. The van der Waals surface area contributed by atoms with Gasteiger partial charge in [-0.05, 0) is 68.8 Å². The number of hydrogen-bond donors (Lipinski definition) is 2. The van der Waals surface area contributed by atoms with E-state index in [1.807, 2.05) is 12.1 Å². The monoisotopic (exact) mass is 354 g/mol. The van der Waals surface area contributed by atoms with Crippen LogP contribution in [0.3, 0.4) is 0 Å². The van der Waals surface area contributed by atoms with Crippen LogP contribution in [0.4, 0.5) is 0 Å². The third-order valence-electron chi connectivity index (χ3n) is 4.57. The van der Waals surface area contributed by atoms with Gasteiger partial charge in [0.05, 0.1) is 7.11 Å². The van der Waals surface area contributed by atoms with E-state index in [9.17, 15) is 4.79 Å². The van der Waals surface area contributed by atoms with Gasteiger partial charge in [0.2, 0.25) is 5.91 Å². The van der Waals surface area contributed by atoms with E-state index in [-0.39, 0.29) is 18.3 Å². The summed E-state index contributed by atoms with van der Waals surface area (Å²) in [7, 11) is 1.69. The number of carbonyl (C=O) groups excluding carboxylic acids is 1. The molecule has 0 spiro atoms. The lowest BCUT2D eigenvalue weighted by Crippen LogP contribution is -2.26. The summed E-state index contributed by atoms with van der Waals surface area (Å²) in [6.07, 6.45) is 7.30. The Kier molecular flexibility index (Phi) is 10.5. The van der Waals surface area contributed by atoms with Gasteiger partial charge in [-0.15, -0.1) is 12.4 Å². The second-order valence-corrected chi connectivity index (χ2v) is 6.41. The van der Waals surface area contributed by atoms with Crippen LogP contribution in [0.5, 0.6) is 5.75 Å². The Bertz CT molecular complexity index is 459. The highest BCUT2D eigenvalue weighted by molar-refractivity contribution is 5.85. The topological polar surface area (TPSA) is 50.4 Å². The Hall–Kier alpha value is -1.26. The van der Waals surface area contributed by atoms with E-state index in [0.29, 0.717) is 6.42 Å². The molecule has 0 radical (unpaired) electrons. The van der Waals surface area contributed by atoms with Gasteiger partial charge in [-0.25, -0.2) is 0 Å². The fourth-order valence-electron chi connectivity index (χ4n) is 3.05. The van der Waals surface area contributed by atoms with Gasteiger partial charge in [0.1, 0.15) is 5.75 Å². The molecule has 0 saturated carbocycles. The van der Waals surface area contributed by atoms with Crippen molar-refractivity contribution in [3.05, 3.63) is 29.8 Å². The molecule has 1 aliphatic heterocycles. The van der Waals surface area contributed by atoms with Gasteiger partial charge in [-0.3, -0.25) is 4.79 Å². The first-order valence-electron chi connectivity index (χ1n) is 8.88. The summed E-state index contributed by atoms with van der Waals surface area (Å²) in [5.41, 5.74) is 1.33. The molecule has 2 rings (SSSR count). The number of carbonyl (C=O) groups is 1. The van der Waals surface area contributed by atoms with Gasteiger partial charge < -0.3 is 15.4 Å². The Morgan fingerprint density at radius 2 is 2.04 bits per heavy atom. The summed E-state index contributed by atoms with van der Waals surface area (Å²) in [4.78, 5) is 11.8. The highest BCUT2D eigenvalue weighted by Crippen LogP contribution is 2.14. The zero-order chi connectivity index (χ0) is 16.3. The largest absolute Gasteiger partial charge is 0.497 e. The van der Waals surface area contributed by atoms with Crippen molar-refractivity contribution in [1.29, 1.82) is 0 Å². The Labute approximate surface area is 152 Å². The first kappa shape index (κ1) is 20.8. The van der Waals surface area contributed by atoms with E-state index in [1.54, 1.807) is 7.11 Å². The third kappa shape index (κ3) is 8.02. The summed E-state index contributed by atoms with van der Waals surface area (Å²) in [5, 5.41) is 6.41. The molecule has 1 saturated heterocycles. The van der Waals surface area contributed by atoms with Crippen LogP contribution >= 0.6 is 12.4 Å². The fraction of sp³-hybridized carbons (Fsp3) is 0.632. The molecule has 1 fully saturated rings. The normalized spacial score (nSPS) is 16.5. The highest BCUT2D eigenvalue weighted by Gasteiger charge is 2.13. The van der Waals surface area contributed by atoms with Gasteiger partial charge in [0, 0.05) is 13.0 Å².